The zero-order chi connectivity index (χ0) is 12.3. The summed E-state index contributed by atoms with van der Waals surface area (Å²) in [5, 5.41) is 2.91. The van der Waals surface area contributed by atoms with E-state index < -0.39 is 0 Å². The first-order valence-electron chi connectivity index (χ1n) is 5.29. The van der Waals surface area contributed by atoms with Crippen LogP contribution in [0.15, 0.2) is 40.2 Å². The minimum absolute atomic E-state index is 0.790. The third kappa shape index (κ3) is 4.11. The molecule has 1 aromatic heterocycles. The van der Waals surface area contributed by atoms with Gasteiger partial charge in [0.05, 0.1) is 0 Å². The Kier molecular flexibility index (Phi) is 4.62. The van der Waals surface area contributed by atoms with Crippen molar-refractivity contribution in [3.05, 3.63) is 55.6 Å². The lowest BCUT2D eigenvalue weighted by Crippen LogP contribution is -2.16. The lowest BCUT2D eigenvalue weighted by Gasteiger charge is -2.15. The molecule has 0 saturated carbocycles. The minimum atomic E-state index is 0.790. The quantitative estimate of drug-likeness (QED) is 0.778. The van der Waals surface area contributed by atoms with E-state index in [4.69, 9.17) is 11.6 Å². The van der Waals surface area contributed by atoms with Gasteiger partial charge in [0.2, 0.25) is 0 Å². The first kappa shape index (κ1) is 13.1. The fourth-order valence-corrected chi connectivity index (χ4v) is 3.32. The van der Waals surface area contributed by atoms with E-state index in [0.29, 0.717) is 0 Å². The van der Waals surface area contributed by atoms with Crippen LogP contribution in [0, 0.1) is 0 Å². The number of nitrogens with zero attached hydrogens (tertiary/aromatic N) is 1. The number of halogens is 2. The number of benzene rings is 1. The second kappa shape index (κ2) is 6.01. The maximum Gasteiger partial charge on any atom is 0.0406 e. The summed E-state index contributed by atoms with van der Waals surface area (Å²) in [5.41, 5.74) is 1.28. The van der Waals surface area contributed by atoms with Crippen molar-refractivity contribution < 1.29 is 0 Å². The Morgan fingerprint density at radius 2 is 1.94 bits per heavy atom. The van der Waals surface area contributed by atoms with E-state index in [-0.39, 0.29) is 0 Å². The zero-order valence-electron chi connectivity index (χ0n) is 9.49. The highest BCUT2D eigenvalue weighted by atomic mass is 79.9. The molecular formula is C13H13BrClNS. The van der Waals surface area contributed by atoms with Gasteiger partial charge in [-0.25, -0.2) is 0 Å². The predicted octanol–water partition coefficient (Wildman–Crippen LogP) is 4.80. The lowest BCUT2D eigenvalue weighted by molar-refractivity contribution is 0.322. The topological polar surface area (TPSA) is 3.24 Å². The van der Waals surface area contributed by atoms with Gasteiger partial charge in [-0.1, -0.05) is 23.7 Å². The molecule has 2 rings (SSSR count). The number of thiophene rings is 1. The molecule has 2 aromatic rings. The molecule has 1 nitrogen and oxygen atoms in total. The van der Waals surface area contributed by atoms with Crippen molar-refractivity contribution in [1.29, 1.82) is 0 Å². The van der Waals surface area contributed by atoms with E-state index in [1.54, 1.807) is 11.3 Å². The van der Waals surface area contributed by atoms with Gasteiger partial charge in [0, 0.05) is 32.8 Å². The van der Waals surface area contributed by atoms with Crippen LogP contribution in [0.3, 0.4) is 0 Å². The van der Waals surface area contributed by atoms with Gasteiger partial charge in [-0.3, -0.25) is 4.90 Å². The molecule has 0 aliphatic heterocycles. The lowest BCUT2D eigenvalue weighted by atomic mass is 10.2. The molecule has 0 fully saturated rings. The van der Waals surface area contributed by atoms with Crippen LogP contribution in [0.1, 0.15) is 10.4 Å². The second-order valence-electron chi connectivity index (χ2n) is 4.03. The molecule has 0 spiro atoms. The zero-order valence-corrected chi connectivity index (χ0v) is 12.6. The van der Waals surface area contributed by atoms with Crippen LogP contribution < -0.4 is 0 Å². The van der Waals surface area contributed by atoms with Crippen LogP contribution in [-0.2, 0) is 13.1 Å². The Morgan fingerprint density at radius 1 is 1.24 bits per heavy atom. The van der Waals surface area contributed by atoms with Gasteiger partial charge in [0.15, 0.2) is 0 Å². The molecular weight excluding hydrogens is 318 g/mol. The van der Waals surface area contributed by atoms with E-state index >= 15 is 0 Å². The van der Waals surface area contributed by atoms with Crippen LogP contribution in [-0.4, -0.2) is 11.9 Å². The van der Waals surface area contributed by atoms with E-state index in [1.165, 1.54) is 10.4 Å². The van der Waals surface area contributed by atoms with Gasteiger partial charge in [-0.05, 0) is 46.7 Å². The first-order valence-corrected chi connectivity index (χ1v) is 7.34. The van der Waals surface area contributed by atoms with Crippen LogP contribution >= 0.6 is 38.9 Å². The van der Waals surface area contributed by atoms with Crippen molar-refractivity contribution in [3.8, 4) is 0 Å². The molecule has 0 unspecified atom stereocenters. The van der Waals surface area contributed by atoms with Crippen LogP contribution in [0.4, 0.5) is 0 Å². The van der Waals surface area contributed by atoms with Crippen molar-refractivity contribution in [2.75, 3.05) is 7.05 Å². The van der Waals surface area contributed by atoms with Gasteiger partial charge in [-0.15, -0.1) is 11.3 Å². The predicted molar refractivity (Wildman–Crippen MR) is 78.6 cm³/mol. The van der Waals surface area contributed by atoms with E-state index in [2.05, 4.69) is 51.5 Å². The summed E-state index contributed by atoms with van der Waals surface area (Å²) < 4.78 is 1.16. The van der Waals surface area contributed by atoms with Crippen LogP contribution in [0.2, 0.25) is 5.02 Å². The van der Waals surface area contributed by atoms with Crippen molar-refractivity contribution in [2.45, 2.75) is 13.1 Å². The number of rotatable bonds is 4. The molecule has 17 heavy (non-hydrogen) atoms. The van der Waals surface area contributed by atoms with Gasteiger partial charge >= 0.3 is 0 Å². The first-order chi connectivity index (χ1) is 8.13. The maximum atomic E-state index is 5.86. The smallest absolute Gasteiger partial charge is 0.0406 e. The summed E-state index contributed by atoms with van der Waals surface area (Å²) in [4.78, 5) is 3.66. The molecule has 4 heteroatoms. The Labute approximate surface area is 119 Å². The maximum absolute atomic E-state index is 5.86. The van der Waals surface area contributed by atoms with Gasteiger partial charge in [-0.2, -0.15) is 0 Å². The molecule has 0 radical (unpaired) electrons. The number of hydrogen-bond donors (Lipinski definition) is 0. The minimum Gasteiger partial charge on any atom is -0.297 e. The monoisotopic (exact) mass is 329 g/mol. The molecule has 1 aromatic carbocycles. The summed E-state index contributed by atoms with van der Waals surface area (Å²) in [7, 11) is 2.13. The molecule has 0 N–H and O–H groups in total. The highest BCUT2D eigenvalue weighted by Gasteiger charge is 2.04. The Bertz CT molecular complexity index is 480. The Hall–Kier alpha value is -0.350. The van der Waals surface area contributed by atoms with Crippen molar-refractivity contribution in [1.82, 2.24) is 4.90 Å². The molecule has 0 saturated heterocycles. The highest BCUT2D eigenvalue weighted by molar-refractivity contribution is 9.10. The third-order valence-corrected chi connectivity index (χ3v) is 4.35. The molecule has 1 heterocycles. The third-order valence-electron chi connectivity index (χ3n) is 2.41. The van der Waals surface area contributed by atoms with Gasteiger partial charge in [0.1, 0.15) is 0 Å². The van der Waals surface area contributed by atoms with Crippen molar-refractivity contribution in [3.63, 3.8) is 0 Å². The summed E-state index contributed by atoms with van der Waals surface area (Å²) >= 11 is 11.1. The van der Waals surface area contributed by atoms with E-state index in [9.17, 15) is 0 Å². The van der Waals surface area contributed by atoms with Gasteiger partial charge < -0.3 is 0 Å². The normalized spacial score (nSPS) is 11.1. The Balaban J connectivity index is 1.93. The van der Waals surface area contributed by atoms with Crippen molar-refractivity contribution >= 4 is 38.9 Å². The molecule has 0 aliphatic carbocycles. The summed E-state index contributed by atoms with van der Waals surface area (Å²) in [5.74, 6) is 0. The van der Waals surface area contributed by atoms with Gasteiger partial charge in [0.25, 0.3) is 0 Å². The largest absolute Gasteiger partial charge is 0.297 e. The average molecular weight is 331 g/mol. The second-order valence-corrected chi connectivity index (χ2v) is 6.38. The molecule has 90 valence electrons. The molecule has 0 aliphatic rings. The summed E-state index contributed by atoms with van der Waals surface area (Å²) in [6.07, 6.45) is 0. The fraction of sp³-hybridized carbons (Fsp3) is 0.231. The number of hydrogen-bond acceptors (Lipinski definition) is 2. The summed E-state index contributed by atoms with van der Waals surface area (Å²) in [6, 6.07) is 10.2. The molecule has 0 amide bonds. The van der Waals surface area contributed by atoms with E-state index in [1.807, 2.05) is 12.1 Å². The molecule has 0 atom stereocenters. The highest BCUT2D eigenvalue weighted by Crippen LogP contribution is 2.21. The summed E-state index contributed by atoms with van der Waals surface area (Å²) in [6.45, 7) is 1.91. The van der Waals surface area contributed by atoms with Crippen LogP contribution in [0.5, 0.6) is 0 Å². The SMILES string of the molecule is CN(Cc1ccc(Cl)cc1)Cc1cc(Br)cs1. The fourth-order valence-electron chi connectivity index (χ4n) is 1.66. The van der Waals surface area contributed by atoms with E-state index in [0.717, 1.165) is 22.6 Å². The average Bonchev–Trinajstić information content (AvgIpc) is 2.67. The Morgan fingerprint density at radius 3 is 2.53 bits per heavy atom. The van der Waals surface area contributed by atoms with Crippen LogP contribution in [0.25, 0.3) is 0 Å². The standard InChI is InChI=1S/C13H13BrClNS/c1-16(8-13-6-11(14)9-17-13)7-10-2-4-12(15)5-3-10/h2-6,9H,7-8H2,1H3. The molecule has 0 bridgehead atoms. The van der Waals surface area contributed by atoms with Crippen molar-refractivity contribution in [2.24, 2.45) is 0 Å².